The molecular formula is C12H16IN3O. The second-order valence-corrected chi connectivity index (χ2v) is 5.37. The maximum absolute atomic E-state index is 12.0. The molecule has 1 aromatic carbocycles. The Kier molecular flexibility index (Phi) is 4.36. The van der Waals surface area contributed by atoms with Crippen molar-refractivity contribution in [3.63, 3.8) is 0 Å². The molecule has 92 valence electrons. The molecular weight excluding hydrogens is 329 g/mol. The van der Waals surface area contributed by atoms with Gasteiger partial charge in [0.2, 0.25) is 0 Å². The van der Waals surface area contributed by atoms with Gasteiger partial charge in [0, 0.05) is 29.7 Å². The zero-order valence-corrected chi connectivity index (χ0v) is 12.0. The number of rotatable bonds is 2. The fourth-order valence-electron chi connectivity index (χ4n) is 1.77. The number of halogens is 1. The van der Waals surface area contributed by atoms with Crippen LogP contribution in [0.5, 0.6) is 0 Å². The zero-order valence-electron chi connectivity index (χ0n) is 9.82. The summed E-state index contributed by atoms with van der Waals surface area (Å²) in [4.78, 5) is 14.3. The van der Waals surface area contributed by atoms with Crippen LogP contribution in [0.4, 0.5) is 0 Å². The first-order valence-corrected chi connectivity index (χ1v) is 6.73. The summed E-state index contributed by atoms with van der Waals surface area (Å²) in [6.07, 6.45) is 0. The molecule has 0 unspecified atom stereocenters. The standard InChI is InChI=1S/C12H16IN3O/c1-15-6-8-16(9-7-15)14-12(17)10-4-2-3-5-11(10)13/h2-5H,6-9H2,1H3,(H,14,17). The number of carbonyl (C=O) groups is 1. The van der Waals surface area contributed by atoms with Crippen LogP contribution in [0, 0.1) is 3.57 Å². The van der Waals surface area contributed by atoms with Gasteiger partial charge in [-0.05, 0) is 41.8 Å². The van der Waals surface area contributed by atoms with Crippen molar-refractivity contribution in [3.8, 4) is 0 Å². The third kappa shape index (κ3) is 3.40. The first-order valence-electron chi connectivity index (χ1n) is 5.66. The average Bonchev–Trinajstić information content (AvgIpc) is 2.32. The fourth-order valence-corrected chi connectivity index (χ4v) is 2.40. The van der Waals surface area contributed by atoms with Crippen LogP contribution in [0.15, 0.2) is 24.3 Å². The molecule has 1 fully saturated rings. The highest BCUT2D eigenvalue weighted by atomic mass is 127. The molecule has 1 heterocycles. The summed E-state index contributed by atoms with van der Waals surface area (Å²) in [7, 11) is 2.10. The van der Waals surface area contributed by atoms with E-state index in [1.807, 2.05) is 29.3 Å². The maximum Gasteiger partial charge on any atom is 0.266 e. The van der Waals surface area contributed by atoms with E-state index >= 15 is 0 Å². The van der Waals surface area contributed by atoms with Gasteiger partial charge in [0.05, 0.1) is 5.56 Å². The molecule has 0 spiro atoms. The lowest BCUT2D eigenvalue weighted by atomic mass is 10.2. The highest BCUT2D eigenvalue weighted by molar-refractivity contribution is 14.1. The minimum atomic E-state index is -0.0143. The molecule has 0 saturated carbocycles. The highest BCUT2D eigenvalue weighted by Crippen LogP contribution is 2.11. The molecule has 1 aliphatic rings. The van der Waals surface area contributed by atoms with E-state index in [0.29, 0.717) is 0 Å². The van der Waals surface area contributed by atoms with Crippen molar-refractivity contribution in [3.05, 3.63) is 33.4 Å². The van der Waals surface area contributed by atoms with Crippen LogP contribution in [-0.2, 0) is 0 Å². The molecule has 1 amide bonds. The number of hydrogen-bond donors (Lipinski definition) is 1. The number of nitrogens with zero attached hydrogens (tertiary/aromatic N) is 2. The van der Waals surface area contributed by atoms with E-state index in [9.17, 15) is 4.79 Å². The van der Waals surface area contributed by atoms with E-state index in [1.165, 1.54) is 0 Å². The first kappa shape index (κ1) is 12.8. The van der Waals surface area contributed by atoms with Crippen molar-refractivity contribution in [1.82, 2.24) is 15.3 Å². The Morgan fingerprint density at radius 3 is 2.53 bits per heavy atom. The maximum atomic E-state index is 12.0. The van der Waals surface area contributed by atoms with Gasteiger partial charge in [-0.25, -0.2) is 5.01 Å². The highest BCUT2D eigenvalue weighted by Gasteiger charge is 2.17. The van der Waals surface area contributed by atoms with Gasteiger partial charge in [-0.3, -0.25) is 10.2 Å². The third-order valence-corrected chi connectivity index (χ3v) is 3.82. The van der Waals surface area contributed by atoms with E-state index in [-0.39, 0.29) is 5.91 Å². The van der Waals surface area contributed by atoms with Gasteiger partial charge in [-0.2, -0.15) is 0 Å². The number of hydrazine groups is 1. The van der Waals surface area contributed by atoms with Crippen LogP contribution >= 0.6 is 22.6 Å². The molecule has 0 aromatic heterocycles. The van der Waals surface area contributed by atoms with Gasteiger partial charge in [0.25, 0.3) is 5.91 Å². The van der Waals surface area contributed by atoms with Crippen molar-refractivity contribution in [1.29, 1.82) is 0 Å². The quantitative estimate of drug-likeness (QED) is 0.818. The Hall–Kier alpha value is -0.660. The number of hydrogen-bond acceptors (Lipinski definition) is 3. The smallest absolute Gasteiger partial charge is 0.266 e. The monoisotopic (exact) mass is 345 g/mol. The van der Waals surface area contributed by atoms with Crippen molar-refractivity contribution >= 4 is 28.5 Å². The third-order valence-electron chi connectivity index (χ3n) is 2.88. The molecule has 17 heavy (non-hydrogen) atoms. The summed E-state index contributed by atoms with van der Waals surface area (Å²) < 4.78 is 0.983. The molecule has 1 N–H and O–H groups in total. The number of carbonyl (C=O) groups excluding carboxylic acids is 1. The molecule has 1 aliphatic heterocycles. The van der Waals surface area contributed by atoms with Gasteiger partial charge >= 0.3 is 0 Å². The van der Waals surface area contributed by atoms with Crippen LogP contribution in [0.2, 0.25) is 0 Å². The summed E-state index contributed by atoms with van der Waals surface area (Å²) in [5.74, 6) is -0.0143. The minimum Gasteiger partial charge on any atom is -0.304 e. The van der Waals surface area contributed by atoms with Gasteiger partial charge in [0.1, 0.15) is 0 Å². The van der Waals surface area contributed by atoms with Gasteiger partial charge in [-0.15, -0.1) is 0 Å². The van der Waals surface area contributed by atoms with Crippen LogP contribution < -0.4 is 5.43 Å². The fraction of sp³-hybridized carbons (Fsp3) is 0.417. The second-order valence-electron chi connectivity index (χ2n) is 4.21. The molecule has 5 heteroatoms. The Morgan fingerprint density at radius 2 is 1.88 bits per heavy atom. The summed E-state index contributed by atoms with van der Waals surface area (Å²) in [6, 6.07) is 7.63. The molecule has 0 atom stereocenters. The molecule has 0 bridgehead atoms. The minimum absolute atomic E-state index is 0.0143. The van der Waals surface area contributed by atoms with Crippen LogP contribution in [-0.4, -0.2) is 49.0 Å². The van der Waals surface area contributed by atoms with E-state index in [4.69, 9.17) is 0 Å². The summed E-state index contributed by atoms with van der Waals surface area (Å²) in [5, 5.41) is 1.99. The van der Waals surface area contributed by atoms with E-state index in [1.54, 1.807) is 0 Å². The predicted molar refractivity (Wildman–Crippen MR) is 75.7 cm³/mol. The second kappa shape index (κ2) is 5.79. The predicted octanol–water partition coefficient (Wildman–Crippen LogP) is 1.18. The number of piperazine rings is 1. The molecule has 4 nitrogen and oxygen atoms in total. The topological polar surface area (TPSA) is 35.6 Å². The Balaban J connectivity index is 1.96. The lowest BCUT2D eigenvalue weighted by Crippen LogP contribution is -2.52. The molecule has 2 rings (SSSR count). The van der Waals surface area contributed by atoms with E-state index in [2.05, 4.69) is 40.0 Å². The Bertz CT molecular complexity index is 402. The van der Waals surface area contributed by atoms with Crippen molar-refractivity contribution in [2.75, 3.05) is 33.2 Å². The molecule has 1 saturated heterocycles. The number of benzene rings is 1. The summed E-state index contributed by atoms with van der Waals surface area (Å²) in [5.41, 5.74) is 3.70. The van der Waals surface area contributed by atoms with Crippen molar-refractivity contribution < 1.29 is 4.79 Å². The van der Waals surface area contributed by atoms with E-state index in [0.717, 1.165) is 35.3 Å². The first-order chi connectivity index (χ1) is 8.16. The van der Waals surface area contributed by atoms with Crippen LogP contribution in [0.1, 0.15) is 10.4 Å². The lowest BCUT2D eigenvalue weighted by Gasteiger charge is -2.32. The molecule has 0 aliphatic carbocycles. The van der Waals surface area contributed by atoms with Crippen LogP contribution in [0.3, 0.4) is 0 Å². The number of nitrogens with one attached hydrogen (secondary N) is 1. The SMILES string of the molecule is CN1CCN(NC(=O)c2ccccc2I)CC1. The Morgan fingerprint density at radius 1 is 1.24 bits per heavy atom. The van der Waals surface area contributed by atoms with Gasteiger partial charge < -0.3 is 4.90 Å². The summed E-state index contributed by atoms with van der Waals surface area (Å²) in [6.45, 7) is 3.75. The number of amides is 1. The van der Waals surface area contributed by atoms with Crippen LogP contribution in [0.25, 0.3) is 0 Å². The largest absolute Gasteiger partial charge is 0.304 e. The van der Waals surface area contributed by atoms with Crippen molar-refractivity contribution in [2.24, 2.45) is 0 Å². The Labute approximate surface area is 115 Å². The molecule has 0 radical (unpaired) electrons. The van der Waals surface area contributed by atoms with Crippen molar-refractivity contribution in [2.45, 2.75) is 0 Å². The molecule has 1 aromatic rings. The zero-order chi connectivity index (χ0) is 12.3. The normalized spacial score (nSPS) is 18.0. The number of likely N-dealkylation sites (N-methyl/N-ethyl adjacent to an activating group) is 1. The lowest BCUT2D eigenvalue weighted by molar-refractivity contribution is 0.0661. The van der Waals surface area contributed by atoms with Gasteiger partial charge in [-0.1, -0.05) is 12.1 Å². The average molecular weight is 345 g/mol. The van der Waals surface area contributed by atoms with E-state index < -0.39 is 0 Å². The van der Waals surface area contributed by atoms with Gasteiger partial charge in [0.15, 0.2) is 0 Å². The summed E-state index contributed by atoms with van der Waals surface area (Å²) >= 11 is 2.19.